The van der Waals surface area contributed by atoms with Crippen LogP contribution in [0.15, 0.2) is 36.8 Å². The number of hydrogen-bond acceptors (Lipinski definition) is 3. The Morgan fingerprint density at radius 3 is 3.06 bits per heavy atom. The van der Waals surface area contributed by atoms with Gasteiger partial charge in [0.1, 0.15) is 0 Å². The molecule has 0 fully saturated rings. The van der Waals surface area contributed by atoms with Gasteiger partial charge in [0, 0.05) is 17.8 Å². The van der Waals surface area contributed by atoms with Crippen molar-refractivity contribution in [3.05, 3.63) is 36.8 Å². The fraction of sp³-hybridized carbons (Fsp3) is 0.250. The van der Waals surface area contributed by atoms with Crippen LogP contribution in [0.2, 0.25) is 0 Å². The minimum absolute atomic E-state index is 0.229. The summed E-state index contributed by atoms with van der Waals surface area (Å²) in [5.41, 5.74) is 2.96. The van der Waals surface area contributed by atoms with E-state index in [-0.39, 0.29) is 5.88 Å². The van der Waals surface area contributed by atoms with Gasteiger partial charge in [0.25, 0.3) is 0 Å². The molecule has 4 nitrogen and oxygen atoms in total. The molecule has 1 aromatic heterocycles. The highest BCUT2D eigenvalue weighted by Gasteiger charge is 2.03. The fourth-order valence-corrected chi connectivity index (χ4v) is 1.61. The molecule has 0 spiro atoms. The number of alkyl halides is 1. The first kappa shape index (κ1) is 12.0. The van der Waals surface area contributed by atoms with E-state index in [9.17, 15) is 5.11 Å². The van der Waals surface area contributed by atoms with Crippen molar-refractivity contribution in [3.63, 3.8) is 0 Å². The number of H-pyrrole nitrogens is 1. The number of hydrogen-bond donors (Lipinski definition) is 3. The van der Waals surface area contributed by atoms with Gasteiger partial charge >= 0.3 is 0 Å². The third-order valence-corrected chi connectivity index (χ3v) is 2.75. The van der Waals surface area contributed by atoms with Crippen LogP contribution >= 0.6 is 11.6 Å². The highest BCUT2D eigenvalue weighted by atomic mass is 35.5. The molecule has 0 aliphatic heterocycles. The molecule has 0 saturated heterocycles. The predicted octanol–water partition coefficient (Wildman–Crippen LogP) is 2.09. The molecule has 0 amide bonds. The summed E-state index contributed by atoms with van der Waals surface area (Å²) in [7, 11) is 0. The van der Waals surface area contributed by atoms with E-state index in [2.05, 4.69) is 15.3 Å². The average Bonchev–Trinajstić information content (AvgIpc) is 2.90. The number of halogens is 1. The number of aliphatic hydroxyl groups excluding tert-OH is 1. The van der Waals surface area contributed by atoms with Crippen LogP contribution in [0.25, 0.3) is 11.3 Å². The van der Waals surface area contributed by atoms with Crippen molar-refractivity contribution in [3.8, 4) is 11.3 Å². The SMILES string of the molecule is OC(CCl)CNc1cccc(-c2cnc[nH]2)c1. The first-order chi connectivity index (χ1) is 8.29. The number of rotatable bonds is 5. The first-order valence-corrected chi connectivity index (χ1v) is 5.90. The van der Waals surface area contributed by atoms with Crippen molar-refractivity contribution in [2.45, 2.75) is 6.10 Å². The quantitative estimate of drug-likeness (QED) is 0.713. The Hall–Kier alpha value is -1.52. The Kier molecular flexibility index (Phi) is 4.01. The van der Waals surface area contributed by atoms with E-state index in [0.29, 0.717) is 6.54 Å². The molecule has 1 unspecified atom stereocenters. The molecule has 3 N–H and O–H groups in total. The monoisotopic (exact) mass is 251 g/mol. The van der Waals surface area contributed by atoms with Crippen LogP contribution in [0, 0.1) is 0 Å². The normalized spacial score (nSPS) is 12.4. The second kappa shape index (κ2) is 5.70. The van der Waals surface area contributed by atoms with Gasteiger partial charge in [-0.3, -0.25) is 0 Å². The fourth-order valence-electron chi connectivity index (χ4n) is 1.50. The van der Waals surface area contributed by atoms with Crippen molar-refractivity contribution in [2.24, 2.45) is 0 Å². The van der Waals surface area contributed by atoms with Crippen LogP contribution in [0.3, 0.4) is 0 Å². The second-order valence-electron chi connectivity index (χ2n) is 3.74. The molecule has 0 aliphatic carbocycles. The number of nitrogens with one attached hydrogen (secondary N) is 2. The Labute approximate surface area is 105 Å². The van der Waals surface area contributed by atoms with Crippen molar-refractivity contribution in [1.82, 2.24) is 9.97 Å². The number of nitrogens with zero attached hydrogens (tertiary/aromatic N) is 1. The van der Waals surface area contributed by atoms with Crippen LogP contribution < -0.4 is 5.32 Å². The number of imidazole rings is 1. The maximum absolute atomic E-state index is 9.36. The van der Waals surface area contributed by atoms with E-state index in [1.165, 1.54) is 0 Å². The minimum Gasteiger partial charge on any atom is -0.390 e. The van der Waals surface area contributed by atoms with Crippen molar-refractivity contribution in [1.29, 1.82) is 0 Å². The third kappa shape index (κ3) is 3.22. The maximum atomic E-state index is 9.36. The summed E-state index contributed by atoms with van der Waals surface area (Å²) in [6.07, 6.45) is 2.88. The highest BCUT2D eigenvalue weighted by Crippen LogP contribution is 2.19. The standard InChI is InChI=1S/C12H14ClN3O/c13-5-11(17)6-15-10-3-1-2-9(4-10)12-7-14-8-16-12/h1-4,7-8,11,15,17H,5-6H2,(H,14,16). The van der Waals surface area contributed by atoms with E-state index < -0.39 is 6.10 Å². The molecule has 0 aliphatic rings. The van der Waals surface area contributed by atoms with Crippen molar-refractivity contribution < 1.29 is 5.11 Å². The largest absolute Gasteiger partial charge is 0.390 e. The molecule has 2 rings (SSSR count). The summed E-state index contributed by atoms with van der Waals surface area (Å²) in [6, 6.07) is 7.89. The van der Waals surface area contributed by atoms with Gasteiger partial charge in [0.05, 0.1) is 30.2 Å². The molecular formula is C12H14ClN3O. The molecule has 1 aromatic carbocycles. The van der Waals surface area contributed by atoms with Gasteiger partial charge < -0.3 is 15.4 Å². The van der Waals surface area contributed by atoms with Gasteiger partial charge in [0.15, 0.2) is 0 Å². The molecule has 0 radical (unpaired) electrons. The van der Waals surface area contributed by atoms with Gasteiger partial charge in [-0.15, -0.1) is 11.6 Å². The first-order valence-electron chi connectivity index (χ1n) is 5.36. The lowest BCUT2D eigenvalue weighted by Gasteiger charge is -2.10. The van der Waals surface area contributed by atoms with E-state index >= 15 is 0 Å². The molecule has 17 heavy (non-hydrogen) atoms. The smallest absolute Gasteiger partial charge is 0.0924 e. The molecule has 0 bridgehead atoms. The number of benzene rings is 1. The van der Waals surface area contributed by atoms with Crippen LogP contribution in [-0.2, 0) is 0 Å². The minimum atomic E-state index is -0.535. The summed E-state index contributed by atoms with van der Waals surface area (Å²) in [5, 5.41) is 12.5. The molecule has 2 aromatic rings. The van der Waals surface area contributed by atoms with Crippen molar-refractivity contribution >= 4 is 17.3 Å². The average molecular weight is 252 g/mol. The summed E-state index contributed by atoms with van der Waals surface area (Å²) in [6.45, 7) is 0.440. The number of aromatic nitrogens is 2. The molecule has 1 heterocycles. The molecule has 1 atom stereocenters. The molecule has 5 heteroatoms. The van der Waals surface area contributed by atoms with E-state index in [4.69, 9.17) is 11.6 Å². The Balaban J connectivity index is 2.07. The van der Waals surface area contributed by atoms with Gasteiger partial charge in [0.2, 0.25) is 0 Å². The van der Waals surface area contributed by atoms with Gasteiger partial charge in [-0.2, -0.15) is 0 Å². The van der Waals surface area contributed by atoms with Crippen LogP contribution in [-0.4, -0.2) is 33.6 Å². The van der Waals surface area contributed by atoms with Crippen LogP contribution in [0.4, 0.5) is 5.69 Å². The zero-order valence-electron chi connectivity index (χ0n) is 9.23. The topological polar surface area (TPSA) is 60.9 Å². The Bertz CT molecular complexity index is 459. The summed E-state index contributed by atoms with van der Waals surface area (Å²) < 4.78 is 0. The van der Waals surface area contributed by atoms with E-state index in [1.807, 2.05) is 24.3 Å². The van der Waals surface area contributed by atoms with Gasteiger partial charge in [-0.1, -0.05) is 12.1 Å². The van der Waals surface area contributed by atoms with Crippen molar-refractivity contribution in [2.75, 3.05) is 17.7 Å². The summed E-state index contributed by atoms with van der Waals surface area (Å²) >= 11 is 5.53. The lowest BCUT2D eigenvalue weighted by Crippen LogP contribution is -2.20. The van der Waals surface area contributed by atoms with Gasteiger partial charge in [-0.25, -0.2) is 4.98 Å². The second-order valence-corrected chi connectivity index (χ2v) is 4.04. The zero-order valence-corrected chi connectivity index (χ0v) is 9.98. The Morgan fingerprint density at radius 2 is 2.35 bits per heavy atom. The summed E-state index contributed by atoms with van der Waals surface area (Å²) in [5.74, 6) is 0.229. The van der Waals surface area contributed by atoms with Gasteiger partial charge in [-0.05, 0) is 12.1 Å². The summed E-state index contributed by atoms with van der Waals surface area (Å²) in [4.78, 5) is 7.03. The number of aromatic amines is 1. The Morgan fingerprint density at radius 1 is 1.47 bits per heavy atom. The third-order valence-electron chi connectivity index (χ3n) is 2.39. The number of aliphatic hydroxyl groups is 1. The van der Waals surface area contributed by atoms with Crippen LogP contribution in [0.1, 0.15) is 0 Å². The molecular weight excluding hydrogens is 238 g/mol. The van der Waals surface area contributed by atoms with Crippen LogP contribution in [0.5, 0.6) is 0 Å². The maximum Gasteiger partial charge on any atom is 0.0924 e. The molecule has 90 valence electrons. The lowest BCUT2D eigenvalue weighted by atomic mass is 10.1. The predicted molar refractivity (Wildman–Crippen MR) is 69.2 cm³/mol. The lowest BCUT2D eigenvalue weighted by molar-refractivity contribution is 0.211. The highest BCUT2D eigenvalue weighted by molar-refractivity contribution is 6.18. The van der Waals surface area contributed by atoms with E-state index in [1.54, 1.807) is 12.5 Å². The number of anilines is 1. The van der Waals surface area contributed by atoms with E-state index in [0.717, 1.165) is 16.9 Å². The zero-order chi connectivity index (χ0) is 12.1. The molecule has 0 saturated carbocycles.